The number of rotatable bonds is 5. The van der Waals surface area contributed by atoms with Crippen LogP contribution in [-0.2, 0) is 9.53 Å². The van der Waals surface area contributed by atoms with E-state index in [0.717, 1.165) is 39.0 Å². The number of hydrogen-bond donors (Lipinski definition) is 1. The summed E-state index contributed by atoms with van der Waals surface area (Å²) in [5.74, 6) is 1.02. The van der Waals surface area contributed by atoms with Gasteiger partial charge in [0.2, 0.25) is 5.91 Å². The van der Waals surface area contributed by atoms with Gasteiger partial charge in [0, 0.05) is 26.7 Å². The minimum absolute atomic E-state index is 0. The molecule has 0 aromatic rings. The molecule has 142 valence electrons. The first-order valence-corrected chi connectivity index (χ1v) is 8.95. The number of halogens is 2. The SMILES string of the molecule is COCC1(C(=O)N2CCC(CN3CCCC3)C2)CCNCC1.Cl.Cl. The maximum absolute atomic E-state index is 13.1. The highest BCUT2D eigenvalue weighted by molar-refractivity contribution is 5.85. The first kappa shape index (κ1) is 22.0. The zero-order valence-electron chi connectivity index (χ0n) is 14.8. The average Bonchev–Trinajstić information content (AvgIpc) is 3.20. The van der Waals surface area contributed by atoms with Crippen molar-refractivity contribution in [1.82, 2.24) is 15.1 Å². The van der Waals surface area contributed by atoms with Gasteiger partial charge in [-0.3, -0.25) is 4.79 Å². The summed E-state index contributed by atoms with van der Waals surface area (Å²) in [6.07, 6.45) is 5.68. The molecule has 0 saturated carbocycles. The van der Waals surface area contributed by atoms with E-state index >= 15 is 0 Å². The molecule has 1 amide bonds. The highest BCUT2D eigenvalue weighted by Gasteiger charge is 2.44. The predicted molar refractivity (Wildman–Crippen MR) is 101 cm³/mol. The van der Waals surface area contributed by atoms with Crippen LogP contribution in [0.15, 0.2) is 0 Å². The lowest BCUT2D eigenvalue weighted by atomic mass is 9.78. The molecule has 0 aliphatic carbocycles. The van der Waals surface area contributed by atoms with E-state index < -0.39 is 0 Å². The Morgan fingerprint density at radius 1 is 1.17 bits per heavy atom. The first-order valence-electron chi connectivity index (χ1n) is 8.95. The molecule has 3 fully saturated rings. The third kappa shape index (κ3) is 4.98. The molecule has 0 spiro atoms. The van der Waals surface area contributed by atoms with Gasteiger partial charge in [0.1, 0.15) is 0 Å². The zero-order chi connectivity index (χ0) is 15.4. The second-order valence-electron chi connectivity index (χ2n) is 7.38. The standard InChI is InChI=1S/C17H31N3O2.2ClH/c1-22-14-17(5-7-18-8-6-17)16(21)20-11-4-15(13-20)12-19-9-2-3-10-19;;/h15,18H,2-14H2,1H3;2*1H. The van der Waals surface area contributed by atoms with Crippen LogP contribution in [0, 0.1) is 11.3 Å². The third-order valence-corrected chi connectivity index (χ3v) is 5.72. The van der Waals surface area contributed by atoms with Crippen LogP contribution in [0.1, 0.15) is 32.1 Å². The Bertz CT molecular complexity index is 381. The lowest BCUT2D eigenvalue weighted by Crippen LogP contribution is -2.51. The van der Waals surface area contributed by atoms with Crippen LogP contribution in [0.4, 0.5) is 0 Å². The Morgan fingerprint density at radius 3 is 2.46 bits per heavy atom. The van der Waals surface area contributed by atoms with Crippen molar-refractivity contribution in [3.63, 3.8) is 0 Å². The molecule has 0 aromatic heterocycles. The van der Waals surface area contributed by atoms with Crippen molar-refractivity contribution < 1.29 is 9.53 Å². The van der Waals surface area contributed by atoms with Gasteiger partial charge in [0.05, 0.1) is 12.0 Å². The van der Waals surface area contributed by atoms with E-state index in [1.165, 1.54) is 38.9 Å². The monoisotopic (exact) mass is 381 g/mol. The van der Waals surface area contributed by atoms with Crippen molar-refractivity contribution in [2.24, 2.45) is 11.3 Å². The fourth-order valence-corrected chi connectivity index (χ4v) is 4.43. The number of carbonyl (C=O) groups is 1. The molecular weight excluding hydrogens is 349 g/mol. The van der Waals surface area contributed by atoms with Crippen LogP contribution in [-0.4, -0.2) is 75.2 Å². The summed E-state index contributed by atoms with van der Waals surface area (Å²) < 4.78 is 5.42. The molecule has 0 radical (unpaired) electrons. The number of nitrogens with zero attached hydrogens (tertiary/aromatic N) is 2. The summed E-state index contributed by atoms with van der Waals surface area (Å²) in [4.78, 5) is 17.8. The van der Waals surface area contributed by atoms with Crippen LogP contribution in [0.2, 0.25) is 0 Å². The zero-order valence-corrected chi connectivity index (χ0v) is 16.4. The highest BCUT2D eigenvalue weighted by atomic mass is 35.5. The number of carbonyl (C=O) groups excluding carboxylic acids is 1. The van der Waals surface area contributed by atoms with Gasteiger partial charge < -0.3 is 19.9 Å². The van der Waals surface area contributed by atoms with Crippen LogP contribution in [0.3, 0.4) is 0 Å². The minimum atomic E-state index is -0.275. The molecule has 5 nitrogen and oxygen atoms in total. The van der Waals surface area contributed by atoms with Crippen LogP contribution >= 0.6 is 24.8 Å². The van der Waals surface area contributed by atoms with Crippen LogP contribution < -0.4 is 5.32 Å². The Hall–Kier alpha value is -0.0700. The maximum Gasteiger partial charge on any atom is 0.231 e. The van der Waals surface area contributed by atoms with Gasteiger partial charge in [0.25, 0.3) is 0 Å². The molecule has 1 unspecified atom stereocenters. The molecule has 3 saturated heterocycles. The molecule has 3 aliphatic rings. The van der Waals surface area contributed by atoms with Gasteiger partial charge in [-0.15, -0.1) is 24.8 Å². The van der Waals surface area contributed by atoms with Gasteiger partial charge in [-0.2, -0.15) is 0 Å². The summed E-state index contributed by atoms with van der Waals surface area (Å²) in [6.45, 7) is 8.02. The molecule has 3 heterocycles. The fourth-order valence-electron chi connectivity index (χ4n) is 4.43. The number of ether oxygens (including phenoxy) is 1. The number of piperidine rings is 1. The average molecular weight is 382 g/mol. The highest BCUT2D eigenvalue weighted by Crippen LogP contribution is 2.34. The predicted octanol–water partition coefficient (Wildman–Crippen LogP) is 1.79. The Balaban J connectivity index is 0.00000144. The molecule has 0 aromatic carbocycles. The van der Waals surface area contributed by atoms with Crippen molar-refractivity contribution in [3.05, 3.63) is 0 Å². The number of nitrogens with one attached hydrogen (secondary N) is 1. The topological polar surface area (TPSA) is 44.8 Å². The third-order valence-electron chi connectivity index (χ3n) is 5.72. The Labute approximate surface area is 158 Å². The molecule has 1 atom stereocenters. The van der Waals surface area contributed by atoms with Gasteiger partial charge >= 0.3 is 0 Å². The molecule has 1 N–H and O–H groups in total. The number of amides is 1. The van der Waals surface area contributed by atoms with E-state index in [4.69, 9.17) is 4.74 Å². The van der Waals surface area contributed by atoms with Crippen molar-refractivity contribution in [2.45, 2.75) is 32.1 Å². The van der Waals surface area contributed by atoms with E-state index in [2.05, 4.69) is 15.1 Å². The van der Waals surface area contributed by atoms with E-state index in [1.54, 1.807) is 7.11 Å². The fraction of sp³-hybridized carbons (Fsp3) is 0.941. The Kier molecular flexibility index (Phi) is 9.31. The number of hydrogen-bond acceptors (Lipinski definition) is 4. The van der Waals surface area contributed by atoms with Gasteiger partial charge in [-0.25, -0.2) is 0 Å². The quantitative estimate of drug-likeness (QED) is 0.788. The lowest BCUT2D eigenvalue weighted by molar-refractivity contribution is -0.146. The Morgan fingerprint density at radius 2 is 1.83 bits per heavy atom. The summed E-state index contributed by atoms with van der Waals surface area (Å²) in [6, 6.07) is 0. The number of methoxy groups -OCH3 is 1. The smallest absolute Gasteiger partial charge is 0.231 e. The van der Waals surface area contributed by atoms with Gasteiger partial charge in [-0.05, 0) is 64.2 Å². The summed E-state index contributed by atoms with van der Waals surface area (Å²) in [5, 5.41) is 3.37. The number of likely N-dealkylation sites (tertiary alicyclic amines) is 2. The van der Waals surface area contributed by atoms with Crippen molar-refractivity contribution in [2.75, 3.05) is 59.5 Å². The van der Waals surface area contributed by atoms with E-state index in [0.29, 0.717) is 18.4 Å². The normalized spacial score (nSPS) is 26.7. The molecule has 24 heavy (non-hydrogen) atoms. The molecule has 3 rings (SSSR count). The van der Waals surface area contributed by atoms with Crippen LogP contribution in [0.25, 0.3) is 0 Å². The molecular formula is C17H33Cl2N3O2. The van der Waals surface area contributed by atoms with E-state index in [-0.39, 0.29) is 30.2 Å². The van der Waals surface area contributed by atoms with E-state index in [9.17, 15) is 4.79 Å². The minimum Gasteiger partial charge on any atom is -0.384 e. The second kappa shape index (κ2) is 10.2. The molecule has 3 aliphatic heterocycles. The molecule has 7 heteroatoms. The van der Waals surface area contributed by atoms with Crippen molar-refractivity contribution in [3.8, 4) is 0 Å². The summed E-state index contributed by atoms with van der Waals surface area (Å²) >= 11 is 0. The van der Waals surface area contributed by atoms with Gasteiger partial charge in [0.15, 0.2) is 0 Å². The second-order valence-corrected chi connectivity index (χ2v) is 7.38. The van der Waals surface area contributed by atoms with Crippen LogP contribution in [0.5, 0.6) is 0 Å². The van der Waals surface area contributed by atoms with E-state index in [1.807, 2.05) is 0 Å². The molecule has 0 bridgehead atoms. The summed E-state index contributed by atoms with van der Waals surface area (Å²) in [7, 11) is 1.72. The van der Waals surface area contributed by atoms with Crippen molar-refractivity contribution in [1.29, 1.82) is 0 Å². The van der Waals surface area contributed by atoms with Crippen molar-refractivity contribution >= 4 is 30.7 Å². The van der Waals surface area contributed by atoms with Gasteiger partial charge in [-0.1, -0.05) is 0 Å². The first-order chi connectivity index (χ1) is 10.7. The maximum atomic E-state index is 13.1. The summed E-state index contributed by atoms with van der Waals surface area (Å²) in [5.41, 5.74) is -0.275. The largest absolute Gasteiger partial charge is 0.384 e. The lowest BCUT2D eigenvalue weighted by Gasteiger charge is -2.38.